The molecule has 1 heterocycles. The number of nitrogens with zero attached hydrogens (tertiary/aromatic N) is 1. The lowest BCUT2D eigenvalue weighted by Gasteiger charge is -2.24. The minimum atomic E-state index is -0.685. The Bertz CT molecular complexity index is 1190. The maximum Gasteiger partial charge on any atom is 0.255 e. The lowest BCUT2D eigenvalue weighted by atomic mass is 10.0. The van der Waals surface area contributed by atoms with Crippen LogP contribution in [0.2, 0.25) is 0 Å². The number of carbonyl (C=O) groups excluding carboxylic acids is 3. The molecule has 1 unspecified atom stereocenters. The number of carbonyl (C=O) groups is 3. The first kappa shape index (κ1) is 20.0. The van der Waals surface area contributed by atoms with E-state index in [1.165, 1.54) is 0 Å². The predicted octanol–water partition coefficient (Wildman–Crippen LogP) is 3.77. The average Bonchev–Trinajstić information content (AvgIpc) is 3.62. The van der Waals surface area contributed by atoms with Crippen molar-refractivity contribution in [1.82, 2.24) is 10.2 Å². The molecule has 1 fully saturated rings. The van der Waals surface area contributed by atoms with Gasteiger partial charge < -0.3 is 15.5 Å². The van der Waals surface area contributed by atoms with E-state index < -0.39 is 6.04 Å². The molecule has 6 heteroatoms. The fourth-order valence-corrected chi connectivity index (χ4v) is 4.25. The van der Waals surface area contributed by atoms with Crippen molar-refractivity contribution < 1.29 is 14.4 Å². The first-order valence-electron chi connectivity index (χ1n) is 10.8. The molecule has 0 bridgehead atoms. The van der Waals surface area contributed by atoms with Crippen LogP contribution >= 0.6 is 0 Å². The first-order chi connectivity index (χ1) is 15.6. The van der Waals surface area contributed by atoms with Crippen LogP contribution in [0.5, 0.6) is 0 Å². The summed E-state index contributed by atoms with van der Waals surface area (Å²) in [6, 6.07) is 24.0. The number of hydrogen-bond acceptors (Lipinski definition) is 3. The number of anilines is 1. The van der Waals surface area contributed by atoms with E-state index in [0.29, 0.717) is 16.8 Å². The molecule has 2 aliphatic rings. The summed E-state index contributed by atoms with van der Waals surface area (Å²) in [6.45, 7) is -0.173. The first-order valence-corrected chi connectivity index (χ1v) is 10.8. The van der Waals surface area contributed by atoms with Gasteiger partial charge in [0.2, 0.25) is 11.8 Å². The third-order valence-electron chi connectivity index (χ3n) is 5.90. The summed E-state index contributed by atoms with van der Waals surface area (Å²) >= 11 is 0. The van der Waals surface area contributed by atoms with E-state index in [0.717, 1.165) is 24.0 Å². The average molecular weight is 425 g/mol. The number of benzene rings is 3. The maximum absolute atomic E-state index is 13.1. The lowest BCUT2D eigenvalue weighted by Crippen LogP contribution is -2.42. The van der Waals surface area contributed by atoms with Gasteiger partial charge in [-0.05, 0) is 36.1 Å². The maximum atomic E-state index is 13.1. The number of para-hydroxylation sites is 1. The van der Waals surface area contributed by atoms with Crippen molar-refractivity contribution in [3.05, 3.63) is 90.0 Å². The zero-order chi connectivity index (χ0) is 22.1. The van der Waals surface area contributed by atoms with Crippen molar-refractivity contribution in [2.75, 3.05) is 11.9 Å². The number of fused-ring (bicyclic) bond motifs is 1. The van der Waals surface area contributed by atoms with Crippen molar-refractivity contribution in [3.63, 3.8) is 0 Å². The fourth-order valence-electron chi connectivity index (χ4n) is 4.25. The molecule has 1 atom stereocenters. The van der Waals surface area contributed by atoms with Crippen LogP contribution in [0, 0.1) is 0 Å². The zero-order valence-electron chi connectivity index (χ0n) is 17.5. The van der Waals surface area contributed by atoms with Crippen LogP contribution in [0.15, 0.2) is 78.9 Å². The quantitative estimate of drug-likeness (QED) is 0.631. The molecule has 0 aromatic heterocycles. The van der Waals surface area contributed by atoms with Gasteiger partial charge in [-0.25, -0.2) is 0 Å². The van der Waals surface area contributed by atoms with Crippen LogP contribution in [0.25, 0.3) is 11.1 Å². The Kier molecular flexibility index (Phi) is 5.19. The second-order valence-electron chi connectivity index (χ2n) is 8.11. The Balaban J connectivity index is 1.28. The third kappa shape index (κ3) is 3.75. The number of amides is 3. The van der Waals surface area contributed by atoms with Gasteiger partial charge in [0.15, 0.2) is 0 Å². The van der Waals surface area contributed by atoms with Crippen LogP contribution in [0.3, 0.4) is 0 Å². The number of rotatable bonds is 6. The van der Waals surface area contributed by atoms with Gasteiger partial charge in [-0.1, -0.05) is 66.7 Å². The van der Waals surface area contributed by atoms with E-state index in [-0.39, 0.29) is 30.3 Å². The van der Waals surface area contributed by atoms with Gasteiger partial charge in [-0.2, -0.15) is 0 Å². The summed E-state index contributed by atoms with van der Waals surface area (Å²) < 4.78 is 0. The highest BCUT2D eigenvalue weighted by molar-refractivity contribution is 6.06. The molecule has 1 aliphatic heterocycles. The highest BCUT2D eigenvalue weighted by Gasteiger charge is 2.47. The van der Waals surface area contributed by atoms with Gasteiger partial charge in [0.05, 0.1) is 6.54 Å². The highest BCUT2D eigenvalue weighted by atomic mass is 16.2. The summed E-state index contributed by atoms with van der Waals surface area (Å²) in [5, 5.41) is 5.63. The predicted molar refractivity (Wildman–Crippen MR) is 122 cm³/mol. The lowest BCUT2D eigenvalue weighted by molar-refractivity contribution is -0.127. The van der Waals surface area contributed by atoms with Gasteiger partial charge in [0.1, 0.15) is 6.04 Å². The van der Waals surface area contributed by atoms with Crippen LogP contribution in [-0.4, -0.2) is 35.2 Å². The monoisotopic (exact) mass is 425 g/mol. The minimum absolute atomic E-state index is 0.0947. The minimum Gasteiger partial charge on any atom is -0.345 e. The molecule has 32 heavy (non-hydrogen) atoms. The third-order valence-corrected chi connectivity index (χ3v) is 5.90. The van der Waals surface area contributed by atoms with Crippen LogP contribution < -0.4 is 10.6 Å². The summed E-state index contributed by atoms with van der Waals surface area (Å²) in [5.41, 5.74) is 3.85. The SMILES string of the molecule is O=C(CNC(=O)C1c2ccccc2C(=O)N1C1CC1)Nc1ccccc1-c1ccccc1. The Hall–Kier alpha value is -3.93. The molecular formula is C26H23N3O3. The fraction of sp³-hybridized carbons (Fsp3) is 0.192. The van der Waals surface area contributed by atoms with E-state index in [1.807, 2.05) is 66.7 Å². The Morgan fingerprint density at radius 1 is 0.844 bits per heavy atom. The Morgan fingerprint density at radius 3 is 2.25 bits per heavy atom. The highest BCUT2D eigenvalue weighted by Crippen LogP contribution is 2.41. The van der Waals surface area contributed by atoms with E-state index in [2.05, 4.69) is 10.6 Å². The Labute approximate surface area is 186 Å². The Morgan fingerprint density at radius 2 is 1.50 bits per heavy atom. The smallest absolute Gasteiger partial charge is 0.255 e. The van der Waals surface area contributed by atoms with Crippen molar-refractivity contribution in [2.24, 2.45) is 0 Å². The molecule has 6 nitrogen and oxygen atoms in total. The molecule has 3 aromatic rings. The summed E-state index contributed by atoms with van der Waals surface area (Å²) in [7, 11) is 0. The van der Waals surface area contributed by atoms with Crippen LogP contribution in [0.1, 0.15) is 34.8 Å². The summed E-state index contributed by atoms with van der Waals surface area (Å²) in [6.07, 6.45) is 1.81. The molecule has 160 valence electrons. The molecule has 0 radical (unpaired) electrons. The van der Waals surface area contributed by atoms with E-state index in [1.54, 1.807) is 17.0 Å². The van der Waals surface area contributed by atoms with Gasteiger partial charge in [-0.15, -0.1) is 0 Å². The van der Waals surface area contributed by atoms with E-state index in [4.69, 9.17) is 0 Å². The van der Waals surface area contributed by atoms with Crippen molar-refractivity contribution in [1.29, 1.82) is 0 Å². The normalized spacial score (nSPS) is 17.1. The van der Waals surface area contributed by atoms with Gasteiger partial charge in [0.25, 0.3) is 5.91 Å². The molecule has 0 saturated heterocycles. The molecule has 5 rings (SSSR count). The van der Waals surface area contributed by atoms with Crippen LogP contribution in [0.4, 0.5) is 5.69 Å². The van der Waals surface area contributed by atoms with Gasteiger partial charge in [-0.3, -0.25) is 14.4 Å². The van der Waals surface area contributed by atoms with Crippen molar-refractivity contribution in [2.45, 2.75) is 24.9 Å². The summed E-state index contributed by atoms with van der Waals surface area (Å²) in [5.74, 6) is -0.761. The standard InChI is InChI=1S/C26H23N3O3/c30-23(28-22-13-7-6-10-19(22)17-8-2-1-3-9-17)16-27-25(31)24-20-11-4-5-12-21(20)26(32)29(24)18-14-15-18/h1-13,18,24H,14-16H2,(H,27,31)(H,28,30). The van der Waals surface area contributed by atoms with Crippen molar-refractivity contribution in [3.8, 4) is 11.1 Å². The van der Waals surface area contributed by atoms with Crippen molar-refractivity contribution >= 4 is 23.4 Å². The molecule has 3 aromatic carbocycles. The summed E-state index contributed by atoms with van der Waals surface area (Å²) in [4.78, 5) is 40.2. The molecule has 1 saturated carbocycles. The number of hydrogen-bond donors (Lipinski definition) is 2. The largest absolute Gasteiger partial charge is 0.345 e. The van der Waals surface area contributed by atoms with Gasteiger partial charge in [0, 0.05) is 22.9 Å². The van der Waals surface area contributed by atoms with Gasteiger partial charge >= 0.3 is 0 Å². The van der Waals surface area contributed by atoms with Crippen LogP contribution in [-0.2, 0) is 9.59 Å². The zero-order valence-corrected chi connectivity index (χ0v) is 17.5. The molecule has 3 amide bonds. The molecule has 1 aliphatic carbocycles. The van der Waals surface area contributed by atoms with E-state index >= 15 is 0 Å². The molecular weight excluding hydrogens is 402 g/mol. The number of nitrogens with one attached hydrogen (secondary N) is 2. The molecule has 2 N–H and O–H groups in total. The second-order valence-corrected chi connectivity index (χ2v) is 8.11. The topological polar surface area (TPSA) is 78.5 Å². The second kappa shape index (κ2) is 8.30. The molecule has 0 spiro atoms. The van der Waals surface area contributed by atoms with E-state index in [9.17, 15) is 14.4 Å².